The number of benzene rings is 2. The highest BCUT2D eigenvalue weighted by molar-refractivity contribution is 6.05. The Balaban J connectivity index is 1.82. The molecule has 1 unspecified atom stereocenters. The second-order valence-corrected chi connectivity index (χ2v) is 12.3. The molecule has 1 heterocycles. The van der Waals surface area contributed by atoms with Gasteiger partial charge in [0.25, 0.3) is 0 Å². The summed E-state index contributed by atoms with van der Waals surface area (Å²) in [7, 11) is 0. The van der Waals surface area contributed by atoms with Crippen LogP contribution in [-0.4, -0.2) is 76.5 Å². The summed E-state index contributed by atoms with van der Waals surface area (Å²) in [6, 6.07) is 16.8. The maximum absolute atomic E-state index is 13.9. The van der Waals surface area contributed by atoms with E-state index < -0.39 is 52.3 Å². The lowest BCUT2D eigenvalue weighted by Crippen LogP contribution is -2.63. The molecule has 232 valence electrons. The molecule has 3 amide bonds. The van der Waals surface area contributed by atoms with Crippen molar-refractivity contribution < 1.29 is 38.6 Å². The van der Waals surface area contributed by atoms with Gasteiger partial charge in [0.05, 0.1) is 13.2 Å². The predicted molar refractivity (Wildman–Crippen MR) is 158 cm³/mol. The van der Waals surface area contributed by atoms with Crippen LogP contribution in [0.15, 0.2) is 60.7 Å². The second-order valence-electron chi connectivity index (χ2n) is 12.3. The molecule has 3 rings (SSSR count). The molecule has 2 aromatic carbocycles. The van der Waals surface area contributed by atoms with E-state index in [9.17, 15) is 29.1 Å². The number of rotatable bonds is 11. The Morgan fingerprint density at radius 1 is 0.953 bits per heavy atom. The van der Waals surface area contributed by atoms with Gasteiger partial charge in [-0.05, 0) is 52.2 Å². The summed E-state index contributed by atoms with van der Waals surface area (Å²) in [6.45, 7) is 7.56. The predicted octanol–water partition coefficient (Wildman–Crippen LogP) is 3.11. The van der Waals surface area contributed by atoms with Crippen molar-refractivity contribution in [2.24, 2.45) is 5.41 Å². The molecule has 0 saturated carbocycles. The van der Waals surface area contributed by atoms with Crippen molar-refractivity contribution in [2.45, 2.75) is 71.2 Å². The van der Waals surface area contributed by atoms with Crippen LogP contribution < -0.4 is 10.6 Å². The van der Waals surface area contributed by atoms with Crippen molar-refractivity contribution >= 4 is 29.7 Å². The van der Waals surface area contributed by atoms with Gasteiger partial charge in [-0.2, -0.15) is 0 Å². The molecule has 2 atom stereocenters. The van der Waals surface area contributed by atoms with E-state index in [2.05, 4.69) is 10.6 Å². The van der Waals surface area contributed by atoms with Crippen LogP contribution in [0.1, 0.15) is 52.2 Å². The van der Waals surface area contributed by atoms with Crippen LogP contribution in [0.4, 0.5) is 4.79 Å². The molecule has 0 aromatic heterocycles. The third-order valence-electron chi connectivity index (χ3n) is 7.05. The minimum atomic E-state index is -1.84. The Hall–Kier alpha value is -4.25. The molecule has 0 aliphatic carbocycles. The molecule has 43 heavy (non-hydrogen) atoms. The molecule has 0 radical (unpaired) electrons. The van der Waals surface area contributed by atoms with Crippen molar-refractivity contribution in [3.8, 4) is 0 Å². The lowest BCUT2D eigenvalue weighted by Gasteiger charge is -2.40. The van der Waals surface area contributed by atoms with Gasteiger partial charge in [-0.3, -0.25) is 19.2 Å². The van der Waals surface area contributed by atoms with E-state index in [0.29, 0.717) is 5.56 Å². The Kier molecular flexibility index (Phi) is 10.7. The fourth-order valence-corrected chi connectivity index (χ4v) is 4.74. The Labute approximate surface area is 251 Å². The van der Waals surface area contributed by atoms with Crippen molar-refractivity contribution in [1.82, 2.24) is 15.5 Å². The van der Waals surface area contributed by atoms with Gasteiger partial charge >= 0.3 is 12.1 Å². The third-order valence-corrected chi connectivity index (χ3v) is 7.05. The summed E-state index contributed by atoms with van der Waals surface area (Å²) in [6.07, 6.45) is -1.04. The minimum absolute atomic E-state index is 0.00784. The zero-order valence-corrected chi connectivity index (χ0v) is 25.3. The summed E-state index contributed by atoms with van der Waals surface area (Å²) in [5, 5.41) is 15.4. The molecule has 11 nitrogen and oxygen atoms in total. The number of nitrogens with zero attached hydrogens (tertiary/aromatic N) is 1. The van der Waals surface area contributed by atoms with Crippen molar-refractivity contribution in [2.75, 3.05) is 19.7 Å². The highest BCUT2D eigenvalue weighted by Gasteiger charge is 2.51. The first kappa shape index (κ1) is 33.3. The molecule has 11 heteroatoms. The summed E-state index contributed by atoms with van der Waals surface area (Å²) < 4.78 is 11.1. The average Bonchev–Trinajstić information content (AvgIpc) is 2.93. The van der Waals surface area contributed by atoms with E-state index in [1.165, 1.54) is 18.7 Å². The quantitative estimate of drug-likeness (QED) is 0.335. The maximum Gasteiger partial charge on any atom is 0.408 e. The number of ether oxygens (including phenoxy) is 2. The maximum atomic E-state index is 13.9. The summed E-state index contributed by atoms with van der Waals surface area (Å²) in [4.78, 5) is 66.6. The fraction of sp³-hybridized carbons (Fsp3) is 0.469. The van der Waals surface area contributed by atoms with Gasteiger partial charge in [0, 0.05) is 19.5 Å². The molecular weight excluding hydrogens is 554 g/mol. The molecule has 3 N–H and O–H groups in total. The first-order valence-electron chi connectivity index (χ1n) is 14.2. The SMILES string of the molecule is CC(C)(C)OC(=O)NC(C)(C)C(=O)N[C@H](COCc1ccccc1)C(=O)N1CCC(=O)C(Cc2ccccc2)(C(=O)O)C1. The molecule has 1 saturated heterocycles. The van der Waals surface area contributed by atoms with Crippen LogP contribution in [0.25, 0.3) is 0 Å². The van der Waals surface area contributed by atoms with Gasteiger partial charge in [-0.15, -0.1) is 0 Å². The number of carboxylic acids is 1. The van der Waals surface area contributed by atoms with Gasteiger partial charge in [-0.25, -0.2) is 4.79 Å². The van der Waals surface area contributed by atoms with Crippen LogP contribution in [0.5, 0.6) is 0 Å². The Bertz CT molecular complexity index is 1310. The zero-order valence-electron chi connectivity index (χ0n) is 25.3. The van der Waals surface area contributed by atoms with Crippen molar-refractivity contribution in [1.29, 1.82) is 0 Å². The molecule has 1 fully saturated rings. The van der Waals surface area contributed by atoms with E-state index in [1.54, 1.807) is 51.1 Å². The number of Topliss-reactive ketones (excluding diaryl/α,β-unsaturated/α-hetero) is 1. The van der Waals surface area contributed by atoms with Gasteiger partial charge in [0.1, 0.15) is 22.6 Å². The Morgan fingerprint density at radius 2 is 1.53 bits per heavy atom. The number of ketones is 1. The first-order chi connectivity index (χ1) is 20.1. The largest absolute Gasteiger partial charge is 0.480 e. The second kappa shape index (κ2) is 13.8. The zero-order chi connectivity index (χ0) is 31.8. The summed E-state index contributed by atoms with van der Waals surface area (Å²) >= 11 is 0. The lowest BCUT2D eigenvalue weighted by molar-refractivity contribution is -0.161. The van der Waals surface area contributed by atoms with Crippen LogP contribution in [0.2, 0.25) is 0 Å². The highest BCUT2D eigenvalue weighted by atomic mass is 16.6. The normalized spacial score (nSPS) is 18.0. The molecular formula is C32H41N3O8. The number of amides is 3. The molecule has 0 bridgehead atoms. The smallest absolute Gasteiger partial charge is 0.408 e. The van der Waals surface area contributed by atoms with Crippen LogP contribution in [-0.2, 0) is 41.7 Å². The summed E-state index contributed by atoms with van der Waals surface area (Å²) in [5.74, 6) is -3.05. The monoisotopic (exact) mass is 595 g/mol. The van der Waals surface area contributed by atoms with E-state index in [0.717, 1.165) is 5.56 Å². The van der Waals surface area contributed by atoms with Crippen molar-refractivity contribution in [3.05, 3.63) is 71.8 Å². The van der Waals surface area contributed by atoms with E-state index in [4.69, 9.17) is 9.47 Å². The molecule has 2 aromatic rings. The van der Waals surface area contributed by atoms with Crippen LogP contribution in [0.3, 0.4) is 0 Å². The first-order valence-corrected chi connectivity index (χ1v) is 14.2. The number of carbonyl (C=O) groups is 5. The number of hydrogen-bond donors (Lipinski definition) is 3. The van der Waals surface area contributed by atoms with Gasteiger partial charge in [0.15, 0.2) is 5.78 Å². The lowest BCUT2D eigenvalue weighted by atomic mass is 9.74. The van der Waals surface area contributed by atoms with Crippen LogP contribution in [0, 0.1) is 5.41 Å². The van der Waals surface area contributed by atoms with E-state index in [1.807, 2.05) is 30.3 Å². The standard InChI is InChI=1S/C32H41N3O8/c1-30(2,3)43-29(41)34-31(4,5)27(38)33-24(20-42-19-23-14-10-7-11-15-23)26(37)35-17-16-25(36)32(21-35,28(39)40)18-22-12-8-6-9-13-22/h6-15,24H,16-21H2,1-5H3,(H,33,38)(H,34,41)(H,39,40)/t24-,32?/m1/s1. The number of carbonyl (C=O) groups excluding carboxylic acids is 4. The number of hydrogen-bond acceptors (Lipinski definition) is 7. The van der Waals surface area contributed by atoms with Gasteiger partial charge in [0.2, 0.25) is 11.8 Å². The van der Waals surface area contributed by atoms with E-state index in [-0.39, 0.29) is 39.1 Å². The number of piperidine rings is 1. The number of aliphatic carboxylic acids is 1. The molecule has 1 aliphatic rings. The average molecular weight is 596 g/mol. The fourth-order valence-electron chi connectivity index (χ4n) is 4.74. The number of alkyl carbamates (subject to hydrolysis) is 1. The minimum Gasteiger partial charge on any atom is -0.480 e. The molecule has 1 aliphatic heterocycles. The van der Waals surface area contributed by atoms with Crippen LogP contribution >= 0.6 is 0 Å². The van der Waals surface area contributed by atoms with Crippen molar-refractivity contribution in [3.63, 3.8) is 0 Å². The van der Waals surface area contributed by atoms with Gasteiger partial charge in [-0.1, -0.05) is 60.7 Å². The third kappa shape index (κ3) is 9.12. The Morgan fingerprint density at radius 3 is 2.09 bits per heavy atom. The number of carboxylic acid groups (broad SMARTS) is 1. The number of nitrogens with one attached hydrogen (secondary N) is 2. The summed E-state index contributed by atoms with van der Waals surface area (Å²) in [5.41, 5.74) is -2.60. The number of likely N-dealkylation sites (tertiary alicyclic amines) is 1. The van der Waals surface area contributed by atoms with E-state index >= 15 is 0 Å². The topological polar surface area (TPSA) is 151 Å². The van der Waals surface area contributed by atoms with Gasteiger partial charge < -0.3 is 30.1 Å². The molecule has 0 spiro atoms. The highest BCUT2D eigenvalue weighted by Crippen LogP contribution is 2.32.